The molecule has 1 aromatic carbocycles. The Bertz CT molecular complexity index is 568. The quantitative estimate of drug-likeness (QED) is 0.878. The lowest BCUT2D eigenvalue weighted by Crippen LogP contribution is -2.61. The lowest BCUT2D eigenvalue weighted by atomic mass is 9.65. The first-order chi connectivity index (χ1) is 8.77. The van der Waals surface area contributed by atoms with E-state index < -0.39 is 10.0 Å². The summed E-state index contributed by atoms with van der Waals surface area (Å²) in [5, 5.41) is 9.35. The largest absolute Gasteiger partial charge is 0.508 e. The molecule has 2 N–H and O–H groups in total. The second-order valence-electron chi connectivity index (χ2n) is 5.45. The molecule has 6 heteroatoms. The maximum absolute atomic E-state index is 12.2. The Morgan fingerprint density at radius 1 is 1.42 bits per heavy atom. The number of sulfonamides is 1. The van der Waals surface area contributed by atoms with Crippen molar-refractivity contribution in [1.82, 2.24) is 4.72 Å². The zero-order valence-corrected chi connectivity index (χ0v) is 12.1. The van der Waals surface area contributed by atoms with Crippen LogP contribution in [0.25, 0.3) is 0 Å². The molecule has 1 aromatic rings. The minimum Gasteiger partial charge on any atom is -0.508 e. The molecule has 0 saturated heterocycles. The van der Waals surface area contributed by atoms with Crippen molar-refractivity contribution in [3.05, 3.63) is 24.3 Å². The van der Waals surface area contributed by atoms with E-state index in [1.54, 1.807) is 7.11 Å². The smallest absolute Gasteiger partial charge is 0.240 e. The van der Waals surface area contributed by atoms with Crippen molar-refractivity contribution in [1.29, 1.82) is 0 Å². The van der Waals surface area contributed by atoms with Gasteiger partial charge in [0.05, 0.1) is 11.0 Å². The summed E-state index contributed by atoms with van der Waals surface area (Å²) in [6.45, 7) is 3.95. The Morgan fingerprint density at radius 2 is 2.11 bits per heavy atom. The van der Waals surface area contributed by atoms with E-state index in [2.05, 4.69) is 4.72 Å². The number of hydrogen-bond donors (Lipinski definition) is 2. The van der Waals surface area contributed by atoms with E-state index in [1.165, 1.54) is 24.3 Å². The van der Waals surface area contributed by atoms with E-state index >= 15 is 0 Å². The van der Waals surface area contributed by atoms with E-state index in [0.29, 0.717) is 6.42 Å². The summed E-state index contributed by atoms with van der Waals surface area (Å²) < 4.78 is 32.4. The first-order valence-electron chi connectivity index (χ1n) is 6.11. The number of phenols is 1. The third kappa shape index (κ3) is 2.61. The lowest BCUT2D eigenvalue weighted by molar-refractivity contribution is -0.0908. The van der Waals surface area contributed by atoms with Crippen LogP contribution in [0, 0.1) is 5.41 Å². The number of rotatable bonds is 4. The number of nitrogens with one attached hydrogen (secondary N) is 1. The fraction of sp³-hybridized carbons (Fsp3) is 0.538. The summed E-state index contributed by atoms with van der Waals surface area (Å²) in [6.07, 6.45) is 0.714. The first kappa shape index (κ1) is 14.3. The van der Waals surface area contributed by atoms with E-state index in [-0.39, 0.29) is 28.2 Å². The maximum Gasteiger partial charge on any atom is 0.240 e. The highest BCUT2D eigenvalue weighted by molar-refractivity contribution is 7.89. The van der Waals surface area contributed by atoms with E-state index in [0.717, 1.165) is 0 Å². The zero-order chi connectivity index (χ0) is 14.3. The molecule has 2 rings (SSSR count). The van der Waals surface area contributed by atoms with Gasteiger partial charge in [-0.25, -0.2) is 13.1 Å². The van der Waals surface area contributed by atoms with Gasteiger partial charge >= 0.3 is 0 Å². The Balaban J connectivity index is 2.16. The molecule has 1 saturated carbocycles. The van der Waals surface area contributed by atoms with Crippen LogP contribution in [-0.4, -0.2) is 32.8 Å². The van der Waals surface area contributed by atoms with Gasteiger partial charge < -0.3 is 9.84 Å². The average molecular weight is 285 g/mol. The molecule has 1 aliphatic carbocycles. The Morgan fingerprint density at radius 3 is 2.63 bits per heavy atom. The number of phenolic OH excluding ortho intramolecular Hbond substituents is 1. The van der Waals surface area contributed by atoms with Crippen LogP contribution in [0.4, 0.5) is 0 Å². The van der Waals surface area contributed by atoms with Gasteiger partial charge in [0.1, 0.15) is 5.75 Å². The topological polar surface area (TPSA) is 75.6 Å². The van der Waals surface area contributed by atoms with Crippen LogP contribution in [0.15, 0.2) is 29.2 Å². The molecule has 0 spiro atoms. The summed E-state index contributed by atoms with van der Waals surface area (Å²) in [6, 6.07) is 5.48. The number of hydrogen-bond acceptors (Lipinski definition) is 4. The highest BCUT2D eigenvalue weighted by Gasteiger charge is 2.50. The molecule has 1 aliphatic rings. The molecule has 0 aromatic heterocycles. The van der Waals surface area contributed by atoms with Crippen LogP contribution in [-0.2, 0) is 14.8 Å². The van der Waals surface area contributed by atoms with E-state index in [1.807, 2.05) is 13.8 Å². The van der Waals surface area contributed by atoms with Crippen LogP contribution < -0.4 is 4.72 Å². The van der Waals surface area contributed by atoms with Gasteiger partial charge in [0.15, 0.2) is 0 Å². The normalized spacial score (nSPS) is 25.8. The van der Waals surface area contributed by atoms with Gasteiger partial charge in [0, 0.05) is 18.6 Å². The predicted molar refractivity (Wildman–Crippen MR) is 71.4 cm³/mol. The van der Waals surface area contributed by atoms with Crippen LogP contribution in [0.3, 0.4) is 0 Å². The molecule has 106 valence electrons. The lowest BCUT2D eigenvalue weighted by Gasteiger charge is -2.50. The van der Waals surface area contributed by atoms with Crippen molar-refractivity contribution in [2.45, 2.75) is 37.3 Å². The van der Waals surface area contributed by atoms with Crippen LogP contribution in [0.5, 0.6) is 5.75 Å². The Kier molecular flexibility index (Phi) is 3.59. The Labute approximate surface area is 113 Å². The third-order valence-electron chi connectivity index (χ3n) is 3.89. The molecule has 0 bridgehead atoms. The van der Waals surface area contributed by atoms with Crippen molar-refractivity contribution >= 4 is 10.0 Å². The summed E-state index contributed by atoms with van der Waals surface area (Å²) in [7, 11) is -1.98. The van der Waals surface area contributed by atoms with Crippen molar-refractivity contribution in [2.75, 3.05) is 7.11 Å². The standard InChI is InChI=1S/C13H19NO4S/c1-13(2)11(8-12(13)18-3)14-19(16,17)10-6-4-5-9(15)7-10/h4-7,11-12,14-15H,8H2,1-3H3. The highest BCUT2D eigenvalue weighted by Crippen LogP contribution is 2.43. The molecule has 2 unspecified atom stereocenters. The molecule has 0 heterocycles. The number of ether oxygens (including phenoxy) is 1. The van der Waals surface area contributed by atoms with Crippen LogP contribution in [0.1, 0.15) is 20.3 Å². The van der Waals surface area contributed by atoms with Gasteiger partial charge in [0.25, 0.3) is 0 Å². The van der Waals surface area contributed by atoms with Crippen molar-refractivity contribution in [3.63, 3.8) is 0 Å². The number of aromatic hydroxyl groups is 1. The molecule has 5 nitrogen and oxygen atoms in total. The van der Waals surface area contributed by atoms with Gasteiger partial charge in [-0.1, -0.05) is 19.9 Å². The number of benzene rings is 1. The van der Waals surface area contributed by atoms with Gasteiger partial charge in [-0.2, -0.15) is 0 Å². The fourth-order valence-electron chi connectivity index (χ4n) is 2.39. The minimum absolute atomic E-state index is 0.0596. The maximum atomic E-state index is 12.2. The third-order valence-corrected chi connectivity index (χ3v) is 5.36. The summed E-state index contributed by atoms with van der Waals surface area (Å²) in [4.78, 5) is 0.0733. The van der Waals surface area contributed by atoms with Crippen molar-refractivity contribution in [2.24, 2.45) is 5.41 Å². The molecule has 0 radical (unpaired) electrons. The van der Waals surface area contributed by atoms with Gasteiger partial charge in [-0.3, -0.25) is 0 Å². The summed E-state index contributed by atoms with van der Waals surface area (Å²) in [5.41, 5.74) is -0.237. The van der Waals surface area contributed by atoms with Crippen molar-refractivity contribution < 1.29 is 18.3 Å². The van der Waals surface area contributed by atoms with E-state index in [9.17, 15) is 13.5 Å². The fourth-order valence-corrected chi connectivity index (χ4v) is 3.84. The molecule has 0 aliphatic heterocycles. The average Bonchev–Trinajstić information content (AvgIpc) is 2.34. The van der Waals surface area contributed by atoms with Gasteiger partial charge in [-0.05, 0) is 24.6 Å². The SMILES string of the molecule is COC1CC(NS(=O)(=O)c2cccc(O)c2)C1(C)C. The minimum atomic E-state index is -3.61. The molecular weight excluding hydrogens is 266 g/mol. The van der Waals surface area contributed by atoms with Gasteiger partial charge in [-0.15, -0.1) is 0 Å². The molecule has 1 fully saturated rings. The monoisotopic (exact) mass is 285 g/mol. The summed E-state index contributed by atoms with van der Waals surface area (Å²) >= 11 is 0. The summed E-state index contributed by atoms with van der Waals surface area (Å²) in [5.74, 6) is -0.0643. The first-order valence-corrected chi connectivity index (χ1v) is 7.60. The van der Waals surface area contributed by atoms with Crippen LogP contribution >= 0.6 is 0 Å². The zero-order valence-electron chi connectivity index (χ0n) is 11.3. The molecule has 2 atom stereocenters. The van der Waals surface area contributed by atoms with Crippen LogP contribution in [0.2, 0.25) is 0 Å². The molecular formula is C13H19NO4S. The second kappa shape index (κ2) is 4.77. The second-order valence-corrected chi connectivity index (χ2v) is 7.17. The number of methoxy groups -OCH3 is 1. The molecule has 0 amide bonds. The van der Waals surface area contributed by atoms with Crippen molar-refractivity contribution in [3.8, 4) is 5.75 Å². The molecule has 19 heavy (non-hydrogen) atoms. The Hall–Kier alpha value is -1.11. The predicted octanol–water partition coefficient (Wildman–Crippen LogP) is 1.48. The van der Waals surface area contributed by atoms with E-state index in [4.69, 9.17) is 4.74 Å². The van der Waals surface area contributed by atoms with Gasteiger partial charge in [0.2, 0.25) is 10.0 Å². The highest BCUT2D eigenvalue weighted by atomic mass is 32.2.